The molecule has 22 heavy (non-hydrogen) atoms. The topological polar surface area (TPSA) is 55.6 Å². The van der Waals surface area contributed by atoms with Crippen LogP contribution in [0.3, 0.4) is 0 Å². The van der Waals surface area contributed by atoms with Gasteiger partial charge in [0, 0.05) is 19.6 Å². The molecule has 1 aliphatic carbocycles. The first kappa shape index (κ1) is 15.3. The maximum absolute atomic E-state index is 12.5. The molecule has 2 aliphatic rings. The van der Waals surface area contributed by atoms with Crippen LogP contribution in [-0.2, 0) is 11.2 Å². The molecular weight excluding hydrogens is 276 g/mol. The van der Waals surface area contributed by atoms with Gasteiger partial charge in [0.15, 0.2) is 0 Å². The number of hydrogen-bond donors (Lipinski definition) is 1. The van der Waals surface area contributed by atoms with Gasteiger partial charge in [0.25, 0.3) is 0 Å². The van der Waals surface area contributed by atoms with Gasteiger partial charge in [-0.15, -0.1) is 0 Å². The van der Waals surface area contributed by atoms with E-state index in [2.05, 4.69) is 4.90 Å². The van der Waals surface area contributed by atoms with E-state index in [-0.39, 0.29) is 5.91 Å². The zero-order valence-corrected chi connectivity index (χ0v) is 13.2. The molecule has 4 nitrogen and oxygen atoms in total. The largest absolute Gasteiger partial charge is 0.492 e. The van der Waals surface area contributed by atoms with Gasteiger partial charge >= 0.3 is 0 Å². The highest BCUT2D eigenvalue weighted by atomic mass is 16.5. The normalized spacial score (nSPS) is 24.1. The van der Waals surface area contributed by atoms with Crippen molar-refractivity contribution in [2.45, 2.75) is 32.1 Å². The summed E-state index contributed by atoms with van der Waals surface area (Å²) in [5.41, 5.74) is 6.47. The molecular formula is C18H26N2O2. The summed E-state index contributed by atoms with van der Waals surface area (Å²) in [6.45, 7) is 2.96. The van der Waals surface area contributed by atoms with Crippen LogP contribution in [0.4, 0.5) is 0 Å². The van der Waals surface area contributed by atoms with Crippen LogP contribution in [0.2, 0.25) is 0 Å². The lowest BCUT2D eigenvalue weighted by atomic mass is 9.78. The Morgan fingerprint density at radius 1 is 1.18 bits per heavy atom. The quantitative estimate of drug-likeness (QED) is 0.907. The van der Waals surface area contributed by atoms with E-state index in [4.69, 9.17) is 10.5 Å². The smallest absolute Gasteiger partial charge is 0.227 e. The molecule has 2 unspecified atom stereocenters. The van der Waals surface area contributed by atoms with Gasteiger partial charge in [0.1, 0.15) is 12.4 Å². The Morgan fingerprint density at radius 3 is 2.50 bits per heavy atom. The molecule has 1 amide bonds. The first-order valence-electron chi connectivity index (χ1n) is 8.44. The van der Waals surface area contributed by atoms with Gasteiger partial charge in [-0.25, -0.2) is 0 Å². The molecule has 1 aliphatic heterocycles. The third-order valence-electron chi connectivity index (χ3n) is 4.87. The van der Waals surface area contributed by atoms with Crippen LogP contribution in [0.5, 0.6) is 5.75 Å². The number of nitrogens with two attached hydrogens (primary N) is 1. The van der Waals surface area contributed by atoms with E-state index < -0.39 is 0 Å². The van der Waals surface area contributed by atoms with Crippen molar-refractivity contribution in [1.82, 2.24) is 4.90 Å². The van der Waals surface area contributed by atoms with Crippen LogP contribution in [0.1, 0.15) is 31.2 Å². The number of hydrogen-bond acceptors (Lipinski definition) is 3. The van der Waals surface area contributed by atoms with Crippen molar-refractivity contribution in [1.29, 1.82) is 0 Å². The number of benzene rings is 1. The molecule has 0 radical (unpaired) electrons. The minimum atomic E-state index is 0.271. The van der Waals surface area contributed by atoms with E-state index in [1.165, 1.54) is 25.7 Å². The number of ether oxygens (including phenoxy) is 1. The maximum Gasteiger partial charge on any atom is 0.227 e. The second kappa shape index (κ2) is 7.14. The van der Waals surface area contributed by atoms with Crippen molar-refractivity contribution in [3.8, 4) is 5.75 Å². The van der Waals surface area contributed by atoms with E-state index in [1.54, 1.807) is 0 Å². The number of carbonyl (C=O) groups excluding carboxylic acids is 1. The number of carbonyl (C=O) groups is 1. The van der Waals surface area contributed by atoms with Crippen molar-refractivity contribution in [2.75, 3.05) is 26.2 Å². The Balaban J connectivity index is 1.55. The number of likely N-dealkylation sites (tertiary alicyclic amines) is 1. The number of piperidine rings is 1. The highest BCUT2D eigenvalue weighted by Crippen LogP contribution is 2.34. The van der Waals surface area contributed by atoms with Crippen LogP contribution < -0.4 is 10.5 Å². The Bertz CT molecular complexity index is 488. The third kappa shape index (κ3) is 3.80. The number of amides is 1. The van der Waals surface area contributed by atoms with Crippen molar-refractivity contribution < 1.29 is 9.53 Å². The Hall–Kier alpha value is -1.55. The standard InChI is InChI=1S/C18H26N2O2/c19-8-9-22-17-6-4-14(5-7-17)11-18(21)20-12-15-2-1-3-16(10-15)13-20/h4-7,15-16H,1-3,8-13,19H2. The summed E-state index contributed by atoms with van der Waals surface area (Å²) in [7, 11) is 0. The van der Waals surface area contributed by atoms with Crippen LogP contribution in [0, 0.1) is 11.8 Å². The predicted octanol–water partition coefficient (Wildman–Crippen LogP) is 2.22. The summed E-state index contributed by atoms with van der Waals surface area (Å²) in [4.78, 5) is 14.6. The number of rotatable bonds is 5. The average molecular weight is 302 g/mol. The summed E-state index contributed by atoms with van der Waals surface area (Å²) in [6.07, 6.45) is 5.77. The van der Waals surface area contributed by atoms with E-state index in [1.807, 2.05) is 24.3 Å². The lowest BCUT2D eigenvalue weighted by Crippen LogP contribution is -2.46. The lowest BCUT2D eigenvalue weighted by Gasteiger charge is -2.41. The minimum absolute atomic E-state index is 0.271. The predicted molar refractivity (Wildman–Crippen MR) is 86.7 cm³/mol. The highest BCUT2D eigenvalue weighted by Gasteiger charge is 2.32. The Kier molecular flexibility index (Phi) is 4.98. The number of nitrogens with zero attached hydrogens (tertiary/aromatic N) is 1. The third-order valence-corrected chi connectivity index (χ3v) is 4.87. The zero-order chi connectivity index (χ0) is 15.4. The zero-order valence-electron chi connectivity index (χ0n) is 13.2. The molecule has 2 bridgehead atoms. The molecule has 120 valence electrons. The molecule has 2 N–H and O–H groups in total. The first-order chi connectivity index (χ1) is 10.7. The van der Waals surface area contributed by atoms with Gasteiger partial charge in [0.2, 0.25) is 5.91 Å². The van der Waals surface area contributed by atoms with Gasteiger partial charge in [0.05, 0.1) is 6.42 Å². The van der Waals surface area contributed by atoms with Crippen LogP contribution >= 0.6 is 0 Å². The summed E-state index contributed by atoms with van der Waals surface area (Å²) in [5.74, 6) is 2.56. The molecule has 1 aromatic carbocycles. The molecule has 0 spiro atoms. The second-order valence-corrected chi connectivity index (χ2v) is 6.66. The van der Waals surface area contributed by atoms with E-state index >= 15 is 0 Å². The van der Waals surface area contributed by atoms with E-state index in [0.717, 1.165) is 36.2 Å². The summed E-state index contributed by atoms with van der Waals surface area (Å²) in [6, 6.07) is 7.80. The maximum atomic E-state index is 12.5. The lowest BCUT2D eigenvalue weighted by molar-refractivity contribution is -0.134. The molecule has 1 heterocycles. The SMILES string of the molecule is NCCOc1ccc(CC(=O)N2CC3CCCC(C3)C2)cc1. The molecule has 2 atom stereocenters. The van der Waals surface area contributed by atoms with Crippen molar-refractivity contribution in [2.24, 2.45) is 17.6 Å². The van der Waals surface area contributed by atoms with Crippen molar-refractivity contribution in [3.05, 3.63) is 29.8 Å². The van der Waals surface area contributed by atoms with E-state index in [0.29, 0.717) is 19.6 Å². The van der Waals surface area contributed by atoms with Gasteiger partial charge in [-0.05, 0) is 48.8 Å². The second-order valence-electron chi connectivity index (χ2n) is 6.66. The highest BCUT2D eigenvalue weighted by molar-refractivity contribution is 5.79. The molecule has 2 fully saturated rings. The van der Waals surface area contributed by atoms with E-state index in [9.17, 15) is 4.79 Å². The van der Waals surface area contributed by atoms with Crippen LogP contribution in [0.25, 0.3) is 0 Å². The Labute approximate surface area is 132 Å². The number of fused-ring (bicyclic) bond motifs is 2. The van der Waals surface area contributed by atoms with Crippen molar-refractivity contribution in [3.63, 3.8) is 0 Å². The van der Waals surface area contributed by atoms with Gasteiger partial charge in [-0.2, -0.15) is 0 Å². The van der Waals surface area contributed by atoms with Gasteiger partial charge in [-0.1, -0.05) is 18.6 Å². The molecule has 1 aromatic rings. The van der Waals surface area contributed by atoms with Crippen LogP contribution in [-0.4, -0.2) is 37.0 Å². The fraction of sp³-hybridized carbons (Fsp3) is 0.611. The Morgan fingerprint density at radius 2 is 1.86 bits per heavy atom. The molecule has 0 aromatic heterocycles. The summed E-state index contributed by atoms with van der Waals surface area (Å²) < 4.78 is 5.46. The molecule has 1 saturated carbocycles. The fourth-order valence-electron chi connectivity index (χ4n) is 3.80. The average Bonchev–Trinajstić information content (AvgIpc) is 2.54. The molecule has 3 rings (SSSR count). The molecule has 1 saturated heterocycles. The van der Waals surface area contributed by atoms with Gasteiger partial charge < -0.3 is 15.4 Å². The minimum Gasteiger partial charge on any atom is -0.492 e. The fourth-order valence-corrected chi connectivity index (χ4v) is 3.80. The molecule has 4 heteroatoms. The summed E-state index contributed by atoms with van der Waals surface area (Å²) in [5, 5.41) is 0. The summed E-state index contributed by atoms with van der Waals surface area (Å²) >= 11 is 0. The monoisotopic (exact) mass is 302 g/mol. The van der Waals surface area contributed by atoms with Crippen LogP contribution in [0.15, 0.2) is 24.3 Å². The first-order valence-corrected chi connectivity index (χ1v) is 8.44. The van der Waals surface area contributed by atoms with Gasteiger partial charge in [-0.3, -0.25) is 4.79 Å². The van der Waals surface area contributed by atoms with Crippen molar-refractivity contribution >= 4 is 5.91 Å².